The Labute approximate surface area is 190 Å². The summed E-state index contributed by atoms with van der Waals surface area (Å²) in [6.07, 6.45) is 5.36. The number of rotatable bonds is 8. The number of hydrogen-bond donors (Lipinski definition) is 0. The van der Waals surface area contributed by atoms with Gasteiger partial charge >= 0.3 is 0 Å². The van der Waals surface area contributed by atoms with Gasteiger partial charge in [-0.2, -0.15) is 0 Å². The molecule has 5 rings (SSSR count). The van der Waals surface area contributed by atoms with Crippen LogP contribution in [-0.2, 0) is 18.8 Å². The maximum atomic E-state index is 6.15. The quantitative estimate of drug-likeness (QED) is 0.294. The molecule has 0 fully saturated rings. The molecule has 32 heavy (non-hydrogen) atoms. The summed E-state index contributed by atoms with van der Waals surface area (Å²) in [5, 5.41) is 9.67. The van der Waals surface area contributed by atoms with Crippen molar-refractivity contribution in [1.82, 2.24) is 24.3 Å². The highest BCUT2D eigenvalue weighted by Crippen LogP contribution is 2.36. The first-order chi connectivity index (χ1) is 15.8. The molecule has 8 heteroatoms. The van der Waals surface area contributed by atoms with E-state index in [9.17, 15) is 0 Å². The Balaban J connectivity index is 1.32. The highest BCUT2D eigenvalue weighted by molar-refractivity contribution is 7.98. The van der Waals surface area contributed by atoms with Crippen LogP contribution < -0.4 is 9.47 Å². The third-order valence-corrected chi connectivity index (χ3v) is 6.14. The number of hydrogen-bond acceptors (Lipinski definition) is 6. The molecule has 4 aromatic rings. The summed E-state index contributed by atoms with van der Waals surface area (Å²) in [4.78, 5) is 4.54. The van der Waals surface area contributed by atoms with E-state index in [1.165, 1.54) is 5.56 Å². The SMILES string of the molecule is C=CCn1c(SCc2nccn2Cc2ccccc2)nnc1[C@H]1COc2ccccc2O1. The van der Waals surface area contributed by atoms with Crippen molar-refractivity contribution in [2.75, 3.05) is 6.61 Å². The molecule has 2 aromatic heterocycles. The van der Waals surface area contributed by atoms with E-state index in [1.807, 2.05) is 53.4 Å². The lowest BCUT2D eigenvalue weighted by Crippen LogP contribution is -2.25. The minimum atomic E-state index is -0.327. The molecule has 0 radical (unpaired) electrons. The van der Waals surface area contributed by atoms with Gasteiger partial charge in [-0.1, -0.05) is 60.3 Å². The smallest absolute Gasteiger partial charge is 0.192 e. The molecule has 0 aliphatic carbocycles. The Kier molecular flexibility index (Phi) is 5.93. The first-order valence-corrected chi connectivity index (χ1v) is 11.4. The number of allylic oxidation sites excluding steroid dienone is 1. The number of thioether (sulfide) groups is 1. The number of nitrogens with zero attached hydrogens (tertiary/aromatic N) is 5. The molecule has 3 heterocycles. The molecule has 1 aliphatic rings. The van der Waals surface area contributed by atoms with Crippen LogP contribution in [-0.4, -0.2) is 30.9 Å². The molecular formula is C24H23N5O2S. The molecule has 0 amide bonds. The maximum Gasteiger partial charge on any atom is 0.192 e. The Morgan fingerprint density at radius 1 is 1.06 bits per heavy atom. The molecule has 0 unspecified atom stereocenters. The number of fused-ring (bicyclic) bond motifs is 1. The van der Waals surface area contributed by atoms with Gasteiger partial charge in [0.2, 0.25) is 0 Å². The first kappa shape index (κ1) is 20.4. The Morgan fingerprint density at radius 3 is 2.72 bits per heavy atom. The van der Waals surface area contributed by atoms with Crippen LogP contribution in [0.2, 0.25) is 0 Å². The van der Waals surface area contributed by atoms with Gasteiger partial charge in [0.25, 0.3) is 0 Å². The topological polar surface area (TPSA) is 67.0 Å². The van der Waals surface area contributed by atoms with Crippen molar-refractivity contribution in [2.45, 2.75) is 30.1 Å². The van der Waals surface area contributed by atoms with Gasteiger partial charge in [-0.15, -0.1) is 16.8 Å². The van der Waals surface area contributed by atoms with Crippen molar-refractivity contribution in [3.63, 3.8) is 0 Å². The summed E-state index contributed by atoms with van der Waals surface area (Å²) in [5.41, 5.74) is 1.24. The molecule has 0 saturated carbocycles. The van der Waals surface area contributed by atoms with E-state index in [2.05, 4.69) is 50.6 Å². The average molecular weight is 446 g/mol. The van der Waals surface area contributed by atoms with Crippen LogP contribution in [0.15, 0.2) is 84.8 Å². The van der Waals surface area contributed by atoms with Crippen molar-refractivity contribution in [1.29, 1.82) is 0 Å². The summed E-state index contributed by atoms with van der Waals surface area (Å²) < 4.78 is 16.2. The van der Waals surface area contributed by atoms with Crippen LogP contribution in [0.5, 0.6) is 11.5 Å². The Hall–Kier alpha value is -3.52. The van der Waals surface area contributed by atoms with E-state index in [1.54, 1.807) is 11.8 Å². The predicted octanol–water partition coefficient (Wildman–Crippen LogP) is 4.51. The Bertz CT molecular complexity index is 1200. The van der Waals surface area contributed by atoms with Gasteiger partial charge in [-0.3, -0.25) is 4.57 Å². The van der Waals surface area contributed by atoms with Crippen LogP contribution in [0.4, 0.5) is 0 Å². The summed E-state index contributed by atoms with van der Waals surface area (Å²) in [5.74, 6) is 3.86. The minimum absolute atomic E-state index is 0.327. The van der Waals surface area contributed by atoms with Crippen molar-refractivity contribution in [2.24, 2.45) is 0 Å². The van der Waals surface area contributed by atoms with E-state index in [4.69, 9.17) is 9.47 Å². The predicted molar refractivity (Wildman–Crippen MR) is 123 cm³/mol. The maximum absolute atomic E-state index is 6.15. The zero-order chi connectivity index (χ0) is 21.8. The van der Waals surface area contributed by atoms with Crippen molar-refractivity contribution < 1.29 is 9.47 Å². The lowest BCUT2D eigenvalue weighted by atomic mass is 10.2. The second-order valence-electron chi connectivity index (χ2n) is 7.35. The molecule has 0 N–H and O–H groups in total. The summed E-state index contributed by atoms with van der Waals surface area (Å²) in [6.45, 7) is 5.66. The molecule has 1 aliphatic heterocycles. The standard InChI is InChI=1S/C24H23N5O2S/c1-2-13-29-23(21-16-30-19-10-6-7-11-20(19)31-21)26-27-24(29)32-17-22-25-12-14-28(22)15-18-8-4-3-5-9-18/h2-12,14,21H,1,13,15-17H2/t21-/m1/s1. The molecule has 7 nitrogen and oxygen atoms in total. The van der Waals surface area contributed by atoms with Crippen molar-refractivity contribution in [3.8, 4) is 11.5 Å². The monoisotopic (exact) mass is 445 g/mol. The van der Waals surface area contributed by atoms with Crippen LogP contribution in [0.3, 0.4) is 0 Å². The summed E-state index contributed by atoms with van der Waals surface area (Å²) in [7, 11) is 0. The highest BCUT2D eigenvalue weighted by Gasteiger charge is 2.28. The largest absolute Gasteiger partial charge is 0.485 e. The van der Waals surface area contributed by atoms with E-state index < -0.39 is 0 Å². The van der Waals surface area contributed by atoms with Gasteiger partial charge < -0.3 is 14.0 Å². The number of imidazole rings is 1. The third kappa shape index (κ3) is 4.27. The molecular weight excluding hydrogens is 422 g/mol. The van der Waals surface area contributed by atoms with E-state index in [0.29, 0.717) is 24.7 Å². The van der Waals surface area contributed by atoms with Crippen molar-refractivity contribution >= 4 is 11.8 Å². The Morgan fingerprint density at radius 2 is 1.88 bits per heavy atom. The normalized spacial score (nSPS) is 14.9. The average Bonchev–Trinajstić information content (AvgIpc) is 3.45. The van der Waals surface area contributed by atoms with Crippen LogP contribution >= 0.6 is 11.8 Å². The van der Waals surface area contributed by atoms with E-state index in [-0.39, 0.29) is 6.10 Å². The highest BCUT2D eigenvalue weighted by atomic mass is 32.2. The van der Waals surface area contributed by atoms with Gasteiger partial charge in [0.05, 0.1) is 5.75 Å². The van der Waals surface area contributed by atoms with E-state index in [0.717, 1.165) is 29.1 Å². The third-order valence-electron chi connectivity index (χ3n) is 5.18. The van der Waals surface area contributed by atoms with Gasteiger partial charge in [-0.05, 0) is 17.7 Å². The second-order valence-corrected chi connectivity index (χ2v) is 8.29. The van der Waals surface area contributed by atoms with E-state index >= 15 is 0 Å². The molecule has 0 spiro atoms. The zero-order valence-corrected chi connectivity index (χ0v) is 18.3. The molecule has 162 valence electrons. The number of para-hydroxylation sites is 2. The van der Waals surface area contributed by atoms with Gasteiger partial charge in [0, 0.05) is 25.5 Å². The van der Waals surface area contributed by atoms with Gasteiger partial charge in [-0.25, -0.2) is 4.98 Å². The fourth-order valence-corrected chi connectivity index (χ4v) is 4.55. The lowest BCUT2D eigenvalue weighted by Gasteiger charge is -2.26. The molecule has 1 atom stereocenters. The fraction of sp³-hybridized carbons (Fsp3) is 0.208. The van der Waals surface area contributed by atoms with Crippen molar-refractivity contribution in [3.05, 3.63) is 96.9 Å². The number of benzene rings is 2. The minimum Gasteiger partial charge on any atom is -0.485 e. The zero-order valence-electron chi connectivity index (χ0n) is 17.5. The fourth-order valence-electron chi connectivity index (χ4n) is 3.63. The van der Waals surface area contributed by atoms with Gasteiger partial charge in [0.1, 0.15) is 12.4 Å². The molecule has 0 saturated heterocycles. The lowest BCUT2D eigenvalue weighted by molar-refractivity contribution is 0.0821. The number of ether oxygens (including phenoxy) is 2. The van der Waals surface area contributed by atoms with Crippen LogP contribution in [0, 0.1) is 0 Å². The summed E-state index contributed by atoms with van der Waals surface area (Å²) in [6, 6.07) is 18.0. The molecule has 0 bridgehead atoms. The first-order valence-electron chi connectivity index (χ1n) is 10.4. The second kappa shape index (κ2) is 9.32. The molecule has 2 aromatic carbocycles. The van der Waals surface area contributed by atoms with Gasteiger partial charge in [0.15, 0.2) is 28.6 Å². The van der Waals surface area contributed by atoms with Crippen LogP contribution in [0.25, 0.3) is 0 Å². The summed E-state index contributed by atoms with van der Waals surface area (Å²) >= 11 is 1.60. The number of aromatic nitrogens is 5. The van der Waals surface area contributed by atoms with Crippen LogP contribution in [0.1, 0.15) is 23.3 Å².